The third-order valence-electron chi connectivity index (χ3n) is 8.03. The minimum absolute atomic E-state index is 0.0330. The molecular weight excluding hydrogens is 567 g/mol. The van der Waals surface area contributed by atoms with Gasteiger partial charge in [0.15, 0.2) is 11.6 Å². The minimum Gasteiger partial charge on any atom is -0.477 e. The van der Waals surface area contributed by atoms with Crippen LogP contribution in [0.5, 0.6) is 0 Å². The minimum atomic E-state index is -1.34. The van der Waals surface area contributed by atoms with Crippen LogP contribution >= 0.6 is 11.8 Å². The molecule has 3 fully saturated rings. The lowest BCUT2D eigenvalue weighted by molar-refractivity contribution is -0.113. The molecule has 2 N–H and O–H groups in total. The molecule has 218 valence electrons. The monoisotopic (exact) mass is 594 g/mol. The van der Waals surface area contributed by atoms with Gasteiger partial charge in [0.25, 0.3) is 0 Å². The van der Waals surface area contributed by atoms with Crippen LogP contribution in [0.2, 0.25) is 0 Å². The Labute approximate surface area is 243 Å². The summed E-state index contributed by atoms with van der Waals surface area (Å²) in [6, 6.07) is 6.68. The van der Waals surface area contributed by atoms with Crippen LogP contribution in [-0.4, -0.2) is 88.7 Å². The Morgan fingerprint density at radius 1 is 1.14 bits per heavy atom. The Kier molecular flexibility index (Phi) is 6.54. The molecule has 0 bridgehead atoms. The summed E-state index contributed by atoms with van der Waals surface area (Å²) in [5.74, 6) is -1.59. The molecule has 7 rings (SSSR count). The molecule has 14 heteroatoms. The summed E-state index contributed by atoms with van der Waals surface area (Å²) < 4.78 is 22.6. The molecule has 2 saturated heterocycles. The predicted octanol–water partition coefficient (Wildman–Crippen LogP) is 2.76. The number of aromatic nitrogens is 2. The SMILES string of the molecule is O=C1CSc2ccc(N3C[C@H](CN4CCN(c5nc6c(cc5F)c(=O)c(C(=O)O)cn6C5CC5)CC4)OC3=O)cc2N1. The average Bonchev–Trinajstić information content (AvgIpc) is 3.75. The van der Waals surface area contributed by atoms with Crippen LogP contribution in [0.15, 0.2) is 40.2 Å². The zero-order chi connectivity index (χ0) is 29.1. The lowest BCUT2D eigenvalue weighted by atomic mass is 10.1. The van der Waals surface area contributed by atoms with Crippen molar-refractivity contribution in [3.8, 4) is 0 Å². The molecule has 1 aliphatic carbocycles. The Balaban J connectivity index is 1.03. The van der Waals surface area contributed by atoms with E-state index < -0.39 is 23.3 Å². The fourth-order valence-electron chi connectivity index (χ4n) is 5.74. The summed E-state index contributed by atoms with van der Waals surface area (Å²) in [4.78, 5) is 59.8. The second kappa shape index (κ2) is 10.3. The second-order valence-corrected chi connectivity index (χ2v) is 11.9. The Morgan fingerprint density at radius 3 is 2.67 bits per heavy atom. The number of carboxylic acid groups (broad SMARTS) is 1. The van der Waals surface area contributed by atoms with Crippen LogP contribution in [0, 0.1) is 5.82 Å². The molecule has 0 unspecified atom stereocenters. The molecule has 0 radical (unpaired) electrons. The van der Waals surface area contributed by atoms with E-state index in [0.29, 0.717) is 62.0 Å². The van der Waals surface area contributed by atoms with Gasteiger partial charge in [-0.1, -0.05) is 0 Å². The van der Waals surface area contributed by atoms with Gasteiger partial charge >= 0.3 is 12.1 Å². The largest absolute Gasteiger partial charge is 0.477 e. The van der Waals surface area contributed by atoms with Gasteiger partial charge in [-0.2, -0.15) is 0 Å². The van der Waals surface area contributed by atoms with Crippen LogP contribution in [0.1, 0.15) is 29.2 Å². The first-order valence-corrected chi connectivity index (χ1v) is 14.7. The normalized spacial score (nSPS) is 20.9. The van der Waals surface area contributed by atoms with Gasteiger partial charge in [-0.05, 0) is 37.1 Å². The standard InChI is InChI=1S/C28H27FN6O6S/c29-20-10-18-24(37)19(27(38)39)13-34(15-1-2-15)25(18)31-26(20)33-7-5-32(6-8-33)11-17-12-35(28(40)41-17)16-3-4-22-21(9-16)30-23(36)14-42-22/h3-4,9-10,13,15,17H,1-2,5-8,11-12,14H2,(H,30,36)(H,38,39)/t17-/m0/s1. The number of rotatable bonds is 6. The predicted molar refractivity (Wildman–Crippen MR) is 153 cm³/mol. The number of carbonyl (C=O) groups is 3. The molecule has 2 amide bonds. The number of carboxylic acids is 1. The molecule has 5 heterocycles. The topological polar surface area (TPSA) is 137 Å². The van der Waals surface area contributed by atoms with Gasteiger partial charge in [-0.3, -0.25) is 19.4 Å². The number of pyridine rings is 2. The first-order valence-electron chi connectivity index (χ1n) is 13.8. The number of carbonyl (C=O) groups excluding carboxylic acids is 2. The first kappa shape index (κ1) is 26.7. The van der Waals surface area contributed by atoms with Gasteiger partial charge in [-0.15, -0.1) is 11.8 Å². The number of thioether (sulfide) groups is 1. The lowest BCUT2D eigenvalue weighted by Crippen LogP contribution is -2.49. The molecule has 1 atom stereocenters. The smallest absolute Gasteiger partial charge is 0.414 e. The Morgan fingerprint density at radius 2 is 1.93 bits per heavy atom. The number of hydrogen-bond acceptors (Lipinski definition) is 9. The van der Waals surface area contributed by atoms with Gasteiger partial charge in [0.2, 0.25) is 11.3 Å². The third kappa shape index (κ3) is 4.83. The molecule has 12 nitrogen and oxygen atoms in total. The number of halogens is 1. The van der Waals surface area contributed by atoms with Crippen molar-refractivity contribution in [3.05, 3.63) is 52.1 Å². The highest BCUT2D eigenvalue weighted by Gasteiger charge is 2.35. The zero-order valence-electron chi connectivity index (χ0n) is 22.4. The summed E-state index contributed by atoms with van der Waals surface area (Å²) in [5.41, 5.74) is 0.514. The first-order chi connectivity index (χ1) is 20.2. The van der Waals surface area contributed by atoms with Crippen molar-refractivity contribution >= 4 is 58.0 Å². The maximum Gasteiger partial charge on any atom is 0.414 e. The number of nitrogens with zero attached hydrogens (tertiary/aromatic N) is 5. The van der Waals surface area contributed by atoms with E-state index in [4.69, 9.17) is 4.74 Å². The molecule has 42 heavy (non-hydrogen) atoms. The van der Waals surface area contributed by atoms with Gasteiger partial charge < -0.3 is 24.6 Å². The third-order valence-corrected chi connectivity index (χ3v) is 9.10. The molecule has 3 aliphatic heterocycles. The second-order valence-electron chi connectivity index (χ2n) is 10.9. The van der Waals surface area contributed by atoms with E-state index in [0.717, 1.165) is 23.8 Å². The van der Waals surface area contributed by atoms with Crippen LogP contribution in [-0.2, 0) is 9.53 Å². The summed E-state index contributed by atoms with van der Waals surface area (Å²) in [7, 11) is 0. The van der Waals surface area contributed by atoms with Crippen LogP contribution in [0.4, 0.5) is 26.4 Å². The van der Waals surface area contributed by atoms with Gasteiger partial charge in [0, 0.05) is 55.5 Å². The lowest BCUT2D eigenvalue weighted by Gasteiger charge is -2.36. The number of piperazine rings is 1. The maximum absolute atomic E-state index is 15.3. The summed E-state index contributed by atoms with van der Waals surface area (Å²) >= 11 is 1.46. The molecule has 3 aromatic rings. The number of fused-ring (bicyclic) bond motifs is 2. The number of ether oxygens (including phenoxy) is 1. The maximum atomic E-state index is 15.3. The van der Waals surface area contributed by atoms with E-state index in [1.54, 1.807) is 15.5 Å². The van der Waals surface area contributed by atoms with Gasteiger partial charge in [-0.25, -0.2) is 19.0 Å². The van der Waals surface area contributed by atoms with Crippen LogP contribution < -0.4 is 20.5 Å². The van der Waals surface area contributed by atoms with Crippen LogP contribution in [0.3, 0.4) is 0 Å². The van der Waals surface area contributed by atoms with E-state index in [1.807, 2.05) is 17.0 Å². The highest BCUT2D eigenvalue weighted by Crippen LogP contribution is 2.38. The molecule has 4 aliphatic rings. The number of aromatic carboxylic acids is 1. The fraction of sp³-hybridized carbons (Fsp3) is 0.393. The van der Waals surface area contributed by atoms with Crippen molar-refractivity contribution in [1.29, 1.82) is 0 Å². The summed E-state index contributed by atoms with van der Waals surface area (Å²) in [6.07, 6.45) is 2.22. The van der Waals surface area contributed by atoms with Gasteiger partial charge in [0.1, 0.15) is 17.3 Å². The highest BCUT2D eigenvalue weighted by molar-refractivity contribution is 8.00. The van der Waals surface area contributed by atoms with E-state index in [-0.39, 0.29) is 34.8 Å². The van der Waals surface area contributed by atoms with Crippen molar-refractivity contribution in [2.24, 2.45) is 0 Å². The summed E-state index contributed by atoms with van der Waals surface area (Å²) in [6.45, 7) is 3.01. The zero-order valence-corrected chi connectivity index (χ0v) is 23.2. The number of nitrogens with one attached hydrogen (secondary N) is 1. The van der Waals surface area contributed by atoms with Crippen molar-refractivity contribution in [1.82, 2.24) is 14.5 Å². The molecule has 1 aromatic carbocycles. The fourth-order valence-corrected chi connectivity index (χ4v) is 6.53. The molecular formula is C28H27FN6O6S. The number of anilines is 3. The van der Waals surface area contributed by atoms with E-state index in [1.165, 1.54) is 18.0 Å². The number of hydrogen-bond donors (Lipinski definition) is 2. The Bertz CT molecular complexity index is 1700. The number of benzene rings is 1. The Hall–Kier alpha value is -4.17. The van der Waals surface area contributed by atoms with Crippen molar-refractivity contribution in [2.45, 2.75) is 29.9 Å². The van der Waals surface area contributed by atoms with Crippen LogP contribution in [0.25, 0.3) is 11.0 Å². The van der Waals surface area contributed by atoms with E-state index in [2.05, 4.69) is 15.2 Å². The molecule has 0 spiro atoms. The van der Waals surface area contributed by atoms with Crippen molar-refractivity contribution < 1.29 is 28.6 Å². The quantitative estimate of drug-likeness (QED) is 0.438. The number of amides is 2. The number of cyclic esters (lactones) is 1. The van der Waals surface area contributed by atoms with Crippen molar-refractivity contribution in [3.63, 3.8) is 0 Å². The van der Waals surface area contributed by atoms with E-state index in [9.17, 15) is 24.3 Å². The summed E-state index contributed by atoms with van der Waals surface area (Å²) in [5, 5.41) is 12.3. The molecule has 2 aromatic heterocycles. The van der Waals surface area contributed by atoms with Crippen molar-refractivity contribution in [2.75, 3.05) is 60.1 Å². The highest BCUT2D eigenvalue weighted by atomic mass is 32.2. The van der Waals surface area contributed by atoms with Gasteiger partial charge in [0.05, 0.1) is 23.4 Å². The molecule has 1 saturated carbocycles. The average molecular weight is 595 g/mol. The van der Waals surface area contributed by atoms with E-state index >= 15 is 4.39 Å².